The van der Waals surface area contributed by atoms with Gasteiger partial charge in [0.1, 0.15) is 11.5 Å². The van der Waals surface area contributed by atoms with Crippen molar-refractivity contribution in [2.75, 3.05) is 20.2 Å². The molecular formula is C21H25NO3. The van der Waals surface area contributed by atoms with Gasteiger partial charge in [-0.25, -0.2) is 0 Å². The number of nitrogens with zero attached hydrogens (tertiary/aromatic N) is 1. The molecule has 0 aliphatic carbocycles. The molecule has 1 aliphatic heterocycles. The van der Waals surface area contributed by atoms with E-state index in [2.05, 4.69) is 24.3 Å². The molecule has 0 N–H and O–H groups in total. The van der Waals surface area contributed by atoms with Crippen molar-refractivity contribution in [3.05, 3.63) is 60.2 Å². The third-order valence-corrected chi connectivity index (χ3v) is 4.80. The molecule has 0 spiro atoms. The van der Waals surface area contributed by atoms with Gasteiger partial charge in [-0.3, -0.25) is 4.79 Å². The minimum Gasteiger partial charge on any atom is -0.497 e. The normalized spacial score (nSPS) is 16.3. The molecule has 25 heavy (non-hydrogen) atoms. The van der Waals surface area contributed by atoms with E-state index in [4.69, 9.17) is 9.47 Å². The molecule has 1 unspecified atom stereocenters. The molecule has 1 heterocycles. The van der Waals surface area contributed by atoms with Gasteiger partial charge < -0.3 is 14.4 Å². The van der Waals surface area contributed by atoms with Gasteiger partial charge in [0.2, 0.25) is 0 Å². The number of hydrogen-bond acceptors (Lipinski definition) is 3. The van der Waals surface area contributed by atoms with Gasteiger partial charge in [0.05, 0.1) is 7.11 Å². The van der Waals surface area contributed by atoms with E-state index < -0.39 is 6.10 Å². The van der Waals surface area contributed by atoms with Crippen LogP contribution in [0.3, 0.4) is 0 Å². The molecule has 1 amide bonds. The van der Waals surface area contributed by atoms with Crippen molar-refractivity contribution in [2.45, 2.75) is 31.8 Å². The predicted octanol–water partition coefficient (Wildman–Crippen LogP) is 3.87. The summed E-state index contributed by atoms with van der Waals surface area (Å²) in [7, 11) is 1.63. The monoisotopic (exact) mass is 339 g/mol. The highest BCUT2D eigenvalue weighted by Gasteiger charge is 2.27. The molecule has 0 bridgehead atoms. The Morgan fingerprint density at radius 3 is 2.20 bits per heavy atom. The first-order valence-electron chi connectivity index (χ1n) is 8.82. The fourth-order valence-corrected chi connectivity index (χ4v) is 3.32. The van der Waals surface area contributed by atoms with Crippen LogP contribution in [0.15, 0.2) is 54.6 Å². The van der Waals surface area contributed by atoms with Crippen LogP contribution in [0.2, 0.25) is 0 Å². The Morgan fingerprint density at radius 1 is 1.00 bits per heavy atom. The largest absolute Gasteiger partial charge is 0.497 e. The number of benzene rings is 2. The third-order valence-electron chi connectivity index (χ3n) is 4.80. The smallest absolute Gasteiger partial charge is 0.263 e. The molecule has 132 valence electrons. The summed E-state index contributed by atoms with van der Waals surface area (Å²) in [6, 6.07) is 17.9. The molecule has 1 aliphatic rings. The van der Waals surface area contributed by atoms with E-state index >= 15 is 0 Å². The van der Waals surface area contributed by atoms with Crippen molar-refractivity contribution in [1.82, 2.24) is 4.90 Å². The Labute approximate surface area is 149 Å². The molecule has 0 radical (unpaired) electrons. The summed E-state index contributed by atoms with van der Waals surface area (Å²) in [5.74, 6) is 2.06. The predicted molar refractivity (Wildman–Crippen MR) is 98.1 cm³/mol. The van der Waals surface area contributed by atoms with E-state index in [1.807, 2.05) is 42.2 Å². The summed E-state index contributed by atoms with van der Waals surface area (Å²) in [5, 5.41) is 0. The van der Waals surface area contributed by atoms with E-state index in [0.717, 1.165) is 31.7 Å². The van der Waals surface area contributed by atoms with Gasteiger partial charge >= 0.3 is 0 Å². The number of ether oxygens (including phenoxy) is 2. The third kappa shape index (κ3) is 4.32. The average Bonchev–Trinajstić information content (AvgIpc) is 2.69. The SMILES string of the molecule is COc1ccc(OC(C)C(=O)N2CCC(c3ccccc3)CC2)cc1. The minimum absolute atomic E-state index is 0.0577. The van der Waals surface area contributed by atoms with Gasteiger partial charge in [-0.1, -0.05) is 30.3 Å². The molecule has 1 fully saturated rings. The number of rotatable bonds is 5. The van der Waals surface area contributed by atoms with Gasteiger partial charge in [0.25, 0.3) is 5.91 Å². The first kappa shape index (κ1) is 17.3. The highest BCUT2D eigenvalue weighted by atomic mass is 16.5. The maximum absolute atomic E-state index is 12.6. The van der Waals surface area contributed by atoms with Crippen LogP contribution in [-0.4, -0.2) is 37.1 Å². The molecule has 0 aromatic heterocycles. The van der Waals surface area contributed by atoms with Crippen molar-refractivity contribution in [3.63, 3.8) is 0 Å². The molecule has 1 saturated heterocycles. The highest BCUT2D eigenvalue weighted by molar-refractivity contribution is 5.81. The molecule has 2 aromatic rings. The lowest BCUT2D eigenvalue weighted by Gasteiger charge is -2.33. The van der Waals surface area contributed by atoms with Gasteiger partial charge in [0, 0.05) is 13.1 Å². The van der Waals surface area contributed by atoms with Crippen molar-refractivity contribution in [2.24, 2.45) is 0 Å². The summed E-state index contributed by atoms with van der Waals surface area (Å²) >= 11 is 0. The molecule has 2 aromatic carbocycles. The Bertz CT molecular complexity index is 676. The van der Waals surface area contributed by atoms with Gasteiger partial charge in [-0.2, -0.15) is 0 Å². The van der Waals surface area contributed by atoms with Crippen LogP contribution in [0, 0.1) is 0 Å². The van der Waals surface area contributed by atoms with E-state index in [-0.39, 0.29) is 5.91 Å². The van der Waals surface area contributed by atoms with Crippen LogP contribution >= 0.6 is 0 Å². The molecular weight excluding hydrogens is 314 g/mol. The van der Waals surface area contributed by atoms with Crippen molar-refractivity contribution < 1.29 is 14.3 Å². The number of piperidine rings is 1. The van der Waals surface area contributed by atoms with Crippen LogP contribution in [-0.2, 0) is 4.79 Å². The second kappa shape index (κ2) is 8.06. The number of carbonyl (C=O) groups excluding carboxylic acids is 1. The second-order valence-electron chi connectivity index (χ2n) is 6.45. The fraction of sp³-hybridized carbons (Fsp3) is 0.381. The Kier molecular flexibility index (Phi) is 5.59. The maximum atomic E-state index is 12.6. The quantitative estimate of drug-likeness (QED) is 0.830. The molecule has 3 rings (SSSR count). The van der Waals surface area contributed by atoms with Crippen LogP contribution < -0.4 is 9.47 Å². The number of carbonyl (C=O) groups is 1. The summed E-state index contributed by atoms with van der Waals surface area (Å²) in [6.45, 7) is 3.39. The summed E-state index contributed by atoms with van der Waals surface area (Å²) in [5.41, 5.74) is 1.37. The number of amides is 1. The zero-order valence-electron chi connectivity index (χ0n) is 14.9. The summed E-state index contributed by atoms with van der Waals surface area (Å²) in [4.78, 5) is 14.6. The number of methoxy groups -OCH3 is 1. The van der Waals surface area contributed by atoms with E-state index in [9.17, 15) is 4.79 Å². The van der Waals surface area contributed by atoms with Crippen LogP contribution in [0.25, 0.3) is 0 Å². The van der Waals surface area contributed by atoms with Gasteiger partial charge in [0.15, 0.2) is 6.10 Å². The zero-order chi connectivity index (χ0) is 17.6. The summed E-state index contributed by atoms with van der Waals surface area (Å²) in [6.07, 6.45) is 1.53. The number of likely N-dealkylation sites (tertiary alicyclic amines) is 1. The van der Waals surface area contributed by atoms with Crippen molar-refractivity contribution in [3.8, 4) is 11.5 Å². The first-order valence-corrected chi connectivity index (χ1v) is 8.82. The Balaban J connectivity index is 1.52. The summed E-state index contributed by atoms with van der Waals surface area (Å²) < 4.78 is 10.9. The molecule has 1 atom stereocenters. The standard InChI is InChI=1S/C21H25NO3/c1-16(25-20-10-8-19(24-2)9-11-20)21(23)22-14-12-18(13-15-22)17-6-4-3-5-7-17/h3-11,16,18H,12-15H2,1-2H3. The van der Waals surface area contributed by atoms with Gasteiger partial charge in [-0.05, 0) is 55.5 Å². The molecule has 4 nitrogen and oxygen atoms in total. The average molecular weight is 339 g/mol. The zero-order valence-corrected chi connectivity index (χ0v) is 14.9. The van der Waals surface area contributed by atoms with E-state index in [0.29, 0.717) is 11.7 Å². The fourth-order valence-electron chi connectivity index (χ4n) is 3.32. The van der Waals surface area contributed by atoms with Gasteiger partial charge in [-0.15, -0.1) is 0 Å². The Morgan fingerprint density at radius 2 is 1.60 bits per heavy atom. The first-order chi connectivity index (χ1) is 12.2. The topological polar surface area (TPSA) is 38.8 Å². The second-order valence-corrected chi connectivity index (χ2v) is 6.45. The van der Waals surface area contributed by atoms with Crippen molar-refractivity contribution in [1.29, 1.82) is 0 Å². The molecule has 0 saturated carbocycles. The maximum Gasteiger partial charge on any atom is 0.263 e. The van der Waals surface area contributed by atoms with E-state index in [1.54, 1.807) is 7.11 Å². The number of hydrogen-bond donors (Lipinski definition) is 0. The van der Waals surface area contributed by atoms with Crippen LogP contribution in [0.4, 0.5) is 0 Å². The van der Waals surface area contributed by atoms with Crippen molar-refractivity contribution >= 4 is 5.91 Å². The van der Waals surface area contributed by atoms with Crippen LogP contribution in [0.1, 0.15) is 31.2 Å². The lowest BCUT2D eigenvalue weighted by molar-refractivity contribution is -0.139. The Hall–Kier alpha value is -2.49. The lowest BCUT2D eigenvalue weighted by atomic mass is 9.89. The lowest BCUT2D eigenvalue weighted by Crippen LogP contribution is -2.44. The highest BCUT2D eigenvalue weighted by Crippen LogP contribution is 2.28. The van der Waals surface area contributed by atoms with Crippen LogP contribution in [0.5, 0.6) is 11.5 Å². The molecule has 4 heteroatoms. The van der Waals surface area contributed by atoms with E-state index in [1.165, 1.54) is 5.56 Å². The minimum atomic E-state index is -0.485.